The van der Waals surface area contributed by atoms with E-state index < -0.39 is 6.10 Å². The Kier molecular flexibility index (Phi) is 5.99. The van der Waals surface area contributed by atoms with Gasteiger partial charge >= 0.3 is 6.09 Å². The minimum atomic E-state index is -0.566. The molecule has 2 fully saturated rings. The topological polar surface area (TPSA) is 59.1 Å². The van der Waals surface area contributed by atoms with Crippen molar-refractivity contribution in [3.63, 3.8) is 0 Å². The standard InChI is InChI=1S/C15H26N2O4/c1-12(2)10-13(18)14-11-17(15(19)21-14)5-3-4-16-6-8-20-9-7-16/h12,14H,3-11H2,1-2H3. The molecule has 6 nitrogen and oxygen atoms in total. The summed E-state index contributed by atoms with van der Waals surface area (Å²) in [6, 6.07) is 0. The van der Waals surface area contributed by atoms with E-state index in [0.717, 1.165) is 39.3 Å². The highest BCUT2D eigenvalue weighted by atomic mass is 16.6. The number of cyclic esters (lactones) is 1. The molecule has 1 amide bonds. The van der Waals surface area contributed by atoms with Crippen LogP contribution in [0.5, 0.6) is 0 Å². The summed E-state index contributed by atoms with van der Waals surface area (Å²) < 4.78 is 10.5. The first-order valence-corrected chi connectivity index (χ1v) is 7.84. The number of Topliss-reactive ketones (excluding diaryl/α,β-unsaturated/α-hetero) is 1. The van der Waals surface area contributed by atoms with E-state index in [0.29, 0.717) is 25.4 Å². The first-order chi connectivity index (χ1) is 10.1. The summed E-state index contributed by atoms with van der Waals surface area (Å²) in [5.74, 6) is 0.334. The zero-order valence-corrected chi connectivity index (χ0v) is 13.0. The summed E-state index contributed by atoms with van der Waals surface area (Å²) >= 11 is 0. The average molecular weight is 298 g/mol. The van der Waals surface area contributed by atoms with Crippen molar-refractivity contribution < 1.29 is 19.1 Å². The molecule has 21 heavy (non-hydrogen) atoms. The van der Waals surface area contributed by atoms with Gasteiger partial charge in [-0.2, -0.15) is 0 Å². The number of ether oxygens (including phenoxy) is 2. The zero-order valence-electron chi connectivity index (χ0n) is 13.0. The van der Waals surface area contributed by atoms with Gasteiger partial charge < -0.3 is 14.4 Å². The van der Waals surface area contributed by atoms with Crippen LogP contribution in [0.1, 0.15) is 26.7 Å². The molecule has 0 aromatic rings. The van der Waals surface area contributed by atoms with Crippen molar-refractivity contribution in [1.29, 1.82) is 0 Å². The molecule has 2 aliphatic rings. The Labute approximate surface area is 126 Å². The lowest BCUT2D eigenvalue weighted by Crippen LogP contribution is -2.38. The molecule has 2 saturated heterocycles. The predicted octanol–water partition coefficient (Wildman–Crippen LogP) is 1.14. The number of carbonyl (C=O) groups excluding carboxylic acids is 2. The Morgan fingerprint density at radius 2 is 2.00 bits per heavy atom. The molecule has 0 aliphatic carbocycles. The largest absolute Gasteiger partial charge is 0.436 e. The number of nitrogens with zero attached hydrogens (tertiary/aromatic N) is 2. The Bertz CT molecular complexity index is 367. The van der Waals surface area contributed by atoms with Crippen molar-refractivity contribution in [2.45, 2.75) is 32.8 Å². The summed E-state index contributed by atoms with van der Waals surface area (Å²) in [7, 11) is 0. The van der Waals surface area contributed by atoms with Gasteiger partial charge in [-0.15, -0.1) is 0 Å². The van der Waals surface area contributed by atoms with E-state index in [9.17, 15) is 9.59 Å². The minimum absolute atomic E-state index is 0.0361. The Hall–Kier alpha value is -1.14. The third-order valence-corrected chi connectivity index (χ3v) is 3.86. The first kappa shape index (κ1) is 16.2. The Morgan fingerprint density at radius 1 is 1.29 bits per heavy atom. The van der Waals surface area contributed by atoms with Crippen molar-refractivity contribution in [1.82, 2.24) is 9.80 Å². The van der Waals surface area contributed by atoms with Crippen LogP contribution in [0.2, 0.25) is 0 Å². The van der Waals surface area contributed by atoms with Crippen LogP contribution in [0.25, 0.3) is 0 Å². The van der Waals surface area contributed by atoms with E-state index in [-0.39, 0.29) is 11.9 Å². The van der Waals surface area contributed by atoms with Gasteiger partial charge in [0, 0.05) is 32.6 Å². The fourth-order valence-electron chi connectivity index (χ4n) is 2.70. The fourth-order valence-corrected chi connectivity index (χ4v) is 2.70. The van der Waals surface area contributed by atoms with Crippen molar-refractivity contribution >= 4 is 11.9 Å². The molecule has 2 heterocycles. The number of hydrogen-bond donors (Lipinski definition) is 0. The van der Waals surface area contributed by atoms with Crippen LogP contribution in [-0.4, -0.2) is 73.7 Å². The molecule has 0 saturated carbocycles. The van der Waals surface area contributed by atoms with Crippen LogP contribution >= 0.6 is 0 Å². The fraction of sp³-hybridized carbons (Fsp3) is 0.867. The second-order valence-electron chi connectivity index (χ2n) is 6.19. The van der Waals surface area contributed by atoms with Gasteiger partial charge in [0.25, 0.3) is 0 Å². The number of hydrogen-bond acceptors (Lipinski definition) is 5. The average Bonchev–Trinajstić information content (AvgIpc) is 2.81. The highest BCUT2D eigenvalue weighted by Gasteiger charge is 2.35. The lowest BCUT2D eigenvalue weighted by atomic mass is 10.0. The Morgan fingerprint density at radius 3 is 2.67 bits per heavy atom. The van der Waals surface area contributed by atoms with Gasteiger partial charge in [0.15, 0.2) is 11.9 Å². The number of ketones is 1. The quantitative estimate of drug-likeness (QED) is 0.705. The molecular formula is C15H26N2O4. The highest BCUT2D eigenvalue weighted by Crippen LogP contribution is 2.16. The van der Waals surface area contributed by atoms with Gasteiger partial charge in [-0.05, 0) is 12.3 Å². The highest BCUT2D eigenvalue weighted by molar-refractivity contribution is 5.88. The number of carbonyl (C=O) groups is 2. The molecule has 6 heteroatoms. The lowest BCUT2D eigenvalue weighted by Gasteiger charge is -2.27. The molecule has 0 spiro atoms. The summed E-state index contributed by atoms with van der Waals surface area (Å²) in [4.78, 5) is 27.7. The molecule has 1 unspecified atom stereocenters. The third kappa shape index (κ3) is 4.97. The normalized spacial score (nSPS) is 23.7. The van der Waals surface area contributed by atoms with Gasteiger partial charge in [-0.1, -0.05) is 13.8 Å². The molecule has 2 rings (SSSR count). The molecule has 0 N–H and O–H groups in total. The molecule has 2 aliphatic heterocycles. The van der Waals surface area contributed by atoms with E-state index in [1.165, 1.54) is 0 Å². The number of morpholine rings is 1. The van der Waals surface area contributed by atoms with Crippen molar-refractivity contribution in [2.24, 2.45) is 5.92 Å². The maximum atomic E-state index is 11.9. The second kappa shape index (κ2) is 7.75. The number of amides is 1. The van der Waals surface area contributed by atoms with Gasteiger partial charge in [0.05, 0.1) is 19.8 Å². The van der Waals surface area contributed by atoms with E-state index in [1.807, 2.05) is 13.8 Å². The minimum Gasteiger partial charge on any atom is -0.436 e. The maximum absolute atomic E-state index is 11.9. The summed E-state index contributed by atoms with van der Waals surface area (Å²) in [5.41, 5.74) is 0. The smallest absolute Gasteiger partial charge is 0.410 e. The summed E-state index contributed by atoms with van der Waals surface area (Å²) in [6.07, 6.45) is 0.460. The predicted molar refractivity (Wildman–Crippen MR) is 78.2 cm³/mol. The zero-order chi connectivity index (χ0) is 15.2. The van der Waals surface area contributed by atoms with Crippen LogP contribution < -0.4 is 0 Å². The van der Waals surface area contributed by atoms with Gasteiger partial charge in [0.1, 0.15) is 0 Å². The van der Waals surface area contributed by atoms with Gasteiger partial charge in [-0.25, -0.2) is 4.79 Å². The molecule has 1 atom stereocenters. The lowest BCUT2D eigenvalue weighted by molar-refractivity contribution is -0.126. The monoisotopic (exact) mass is 298 g/mol. The molecule has 0 bridgehead atoms. The van der Waals surface area contributed by atoms with Crippen LogP contribution in [0.15, 0.2) is 0 Å². The van der Waals surface area contributed by atoms with Crippen LogP contribution in [0.4, 0.5) is 4.79 Å². The van der Waals surface area contributed by atoms with Crippen LogP contribution in [-0.2, 0) is 14.3 Å². The number of rotatable bonds is 7. The van der Waals surface area contributed by atoms with Crippen LogP contribution in [0.3, 0.4) is 0 Å². The maximum Gasteiger partial charge on any atom is 0.410 e. The molecule has 0 aromatic heterocycles. The van der Waals surface area contributed by atoms with Crippen LogP contribution in [0, 0.1) is 5.92 Å². The second-order valence-corrected chi connectivity index (χ2v) is 6.19. The summed E-state index contributed by atoms with van der Waals surface area (Å²) in [6.45, 7) is 9.51. The van der Waals surface area contributed by atoms with Gasteiger partial charge in [0.2, 0.25) is 0 Å². The third-order valence-electron chi connectivity index (χ3n) is 3.86. The SMILES string of the molecule is CC(C)CC(=O)C1CN(CCCN2CCOCC2)C(=O)O1. The van der Waals surface area contributed by atoms with E-state index in [2.05, 4.69) is 4.90 Å². The van der Waals surface area contributed by atoms with E-state index >= 15 is 0 Å². The molecule has 0 aromatic carbocycles. The summed E-state index contributed by atoms with van der Waals surface area (Å²) in [5, 5.41) is 0. The molecule has 120 valence electrons. The molecular weight excluding hydrogens is 272 g/mol. The Balaban J connectivity index is 1.69. The first-order valence-electron chi connectivity index (χ1n) is 7.84. The van der Waals surface area contributed by atoms with Crippen molar-refractivity contribution in [2.75, 3.05) is 45.9 Å². The van der Waals surface area contributed by atoms with E-state index in [4.69, 9.17) is 9.47 Å². The van der Waals surface area contributed by atoms with Gasteiger partial charge in [-0.3, -0.25) is 9.69 Å². The van der Waals surface area contributed by atoms with Crippen molar-refractivity contribution in [3.05, 3.63) is 0 Å². The van der Waals surface area contributed by atoms with Crippen molar-refractivity contribution in [3.8, 4) is 0 Å². The van der Waals surface area contributed by atoms with E-state index in [1.54, 1.807) is 4.90 Å². The molecule has 0 radical (unpaired) electrons.